The van der Waals surface area contributed by atoms with Gasteiger partial charge in [-0.2, -0.15) is 0 Å². The molecule has 4 rings (SSSR count). The molecule has 1 aromatic heterocycles. The molecule has 0 saturated heterocycles. The first-order valence-electron chi connectivity index (χ1n) is 11.3. The molecule has 3 atom stereocenters. The van der Waals surface area contributed by atoms with Gasteiger partial charge < -0.3 is 14.0 Å². The zero-order chi connectivity index (χ0) is 22.2. The highest BCUT2D eigenvalue weighted by Gasteiger charge is 2.52. The van der Waals surface area contributed by atoms with Crippen molar-refractivity contribution in [2.75, 3.05) is 13.2 Å². The summed E-state index contributed by atoms with van der Waals surface area (Å²) in [5, 5.41) is 2.41. The van der Waals surface area contributed by atoms with Gasteiger partial charge in [-0.15, -0.1) is 0 Å². The summed E-state index contributed by atoms with van der Waals surface area (Å²) in [5.74, 6) is 2.29. The molecule has 0 radical (unpaired) electrons. The van der Waals surface area contributed by atoms with Crippen LogP contribution in [0, 0.1) is 11.8 Å². The van der Waals surface area contributed by atoms with E-state index in [1.165, 1.54) is 19.3 Å². The predicted molar refractivity (Wildman–Crippen MR) is 127 cm³/mol. The zero-order valence-corrected chi connectivity index (χ0v) is 21.1. The molecule has 1 aromatic carbocycles. The molecule has 31 heavy (non-hydrogen) atoms. The fourth-order valence-corrected chi connectivity index (χ4v) is 7.03. The first-order chi connectivity index (χ1) is 14.8. The maximum Gasteiger partial charge on any atom is 0.171 e. The van der Waals surface area contributed by atoms with Gasteiger partial charge in [-0.25, -0.2) is 4.98 Å². The number of ether oxygens (including phenoxy) is 2. The lowest BCUT2D eigenvalue weighted by Crippen LogP contribution is -2.42. The average Bonchev–Trinajstić information content (AvgIpc) is 3.37. The van der Waals surface area contributed by atoms with Crippen LogP contribution in [0.2, 0.25) is 10.0 Å². The number of aromatic nitrogens is 2. The van der Waals surface area contributed by atoms with Crippen LogP contribution in [-0.4, -0.2) is 28.6 Å². The summed E-state index contributed by atoms with van der Waals surface area (Å²) in [5.41, 5.74) is 1.10. The fourth-order valence-electron chi connectivity index (χ4n) is 5.15. The van der Waals surface area contributed by atoms with Gasteiger partial charge in [0.25, 0.3) is 0 Å². The summed E-state index contributed by atoms with van der Waals surface area (Å²) >= 11 is 14.1. The molecule has 0 N–H and O–H groups in total. The summed E-state index contributed by atoms with van der Waals surface area (Å²) in [7, 11) is 2.08. The highest BCUT2D eigenvalue weighted by Crippen LogP contribution is 2.53. The Morgan fingerprint density at radius 1 is 1.19 bits per heavy atom. The lowest BCUT2D eigenvalue weighted by Gasteiger charge is -2.37. The lowest BCUT2D eigenvalue weighted by molar-refractivity contribution is -0.261. The van der Waals surface area contributed by atoms with Crippen molar-refractivity contribution in [3.8, 4) is 0 Å². The molecule has 2 aliphatic rings. The molecule has 2 bridgehead atoms. The van der Waals surface area contributed by atoms with Crippen LogP contribution in [0.4, 0.5) is 0 Å². The first-order valence-corrected chi connectivity index (χ1v) is 12.9. The molecule has 2 aromatic rings. The minimum Gasteiger partial charge on any atom is -0.350 e. The Hall–Kier alpha value is -0.720. The Morgan fingerprint density at radius 3 is 2.52 bits per heavy atom. The summed E-state index contributed by atoms with van der Waals surface area (Å²) in [6.45, 7) is 7.75. The number of benzene rings is 1. The first kappa shape index (κ1) is 23.4. The van der Waals surface area contributed by atoms with E-state index >= 15 is 0 Å². The number of imidazole rings is 1. The topological polar surface area (TPSA) is 36.3 Å². The van der Waals surface area contributed by atoms with Crippen LogP contribution in [-0.2, 0) is 22.9 Å². The fraction of sp³-hybridized carbons (Fsp3) is 0.625. The summed E-state index contributed by atoms with van der Waals surface area (Å²) in [6, 6.07) is 5.64. The van der Waals surface area contributed by atoms with Gasteiger partial charge in [0.05, 0.1) is 12.3 Å². The van der Waals surface area contributed by atoms with Crippen LogP contribution < -0.4 is 0 Å². The number of halogens is 2. The SMILES string of the molecule is CCOC1(OCCc2nc(C(C)C)c(Sc3cc(Cl)cc(Cl)c3)n2C)CC2CCC1C2. The van der Waals surface area contributed by atoms with Crippen LogP contribution in [0.15, 0.2) is 28.1 Å². The van der Waals surface area contributed by atoms with Crippen LogP contribution in [0.25, 0.3) is 0 Å². The lowest BCUT2D eigenvalue weighted by atomic mass is 9.94. The third-order valence-electron chi connectivity index (χ3n) is 6.56. The van der Waals surface area contributed by atoms with E-state index in [0.29, 0.717) is 35.1 Å². The van der Waals surface area contributed by atoms with Gasteiger partial charge in [-0.1, -0.05) is 48.8 Å². The third kappa shape index (κ3) is 4.96. The third-order valence-corrected chi connectivity index (χ3v) is 8.14. The van der Waals surface area contributed by atoms with E-state index in [-0.39, 0.29) is 5.79 Å². The average molecular weight is 484 g/mol. The molecule has 170 valence electrons. The second-order valence-corrected chi connectivity index (χ2v) is 11.0. The molecule has 0 aliphatic heterocycles. The quantitative estimate of drug-likeness (QED) is 0.356. The van der Waals surface area contributed by atoms with Crippen molar-refractivity contribution >= 4 is 35.0 Å². The summed E-state index contributed by atoms with van der Waals surface area (Å²) in [4.78, 5) is 6.00. The van der Waals surface area contributed by atoms with Crippen molar-refractivity contribution < 1.29 is 9.47 Å². The second kappa shape index (κ2) is 9.64. The van der Waals surface area contributed by atoms with E-state index in [4.69, 9.17) is 37.7 Å². The van der Waals surface area contributed by atoms with Gasteiger partial charge in [-0.05, 0) is 56.2 Å². The van der Waals surface area contributed by atoms with Crippen LogP contribution in [0.3, 0.4) is 0 Å². The zero-order valence-electron chi connectivity index (χ0n) is 18.8. The predicted octanol–water partition coefficient (Wildman–Crippen LogP) is 7.11. The van der Waals surface area contributed by atoms with E-state index in [0.717, 1.165) is 40.2 Å². The molecular formula is C24H32Cl2N2O2S. The van der Waals surface area contributed by atoms with Crippen molar-refractivity contribution in [3.05, 3.63) is 39.8 Å². The van der Waals surface area contributed by atoms with Gasteiger partial charge in [0, 0.05) is 47.4 Å². The Balaban J connectivity index is 1.49. The Bertz CT molecular complexity index is 912. The van der Waals surface area contributed by atoms with Crippen molar-refractivity contribution in [2.45, 2.75) is 74.5 Å². The minimum atomic E-state index is -0.376. The standard InChI is InChI=1S/C24H32Cl2N2O2S/c1-5-29-24(14-16-6-7-17(24)10-16)30-9-8-21-27-22(15(2)3)23(28(21)4)31-20-12-18(25)11-19(26)13-20/h11-13,15-17H,5-10,14H2,1-4H3. The Kier molecular flexibility index (Phi) is 7.29. The molecular weight excluding hydrogens is 451 g/mol. The van der Waals surface area contributed by atoms with Crippen LogP contribution in [0.5, 0.6) is 0 Å². The minimum absolute atomic E-state index is 0.318. The maximum atomic E-state index is 6.47. The van der Waals surface area contributed by atoms with E-state index in [9.17, 15) is 0 Å². The van der Waals surface area contributed by atoms with Gasteiger partial charge >= 0.3 is 0 Å². The molecule has 2 saturated carbocycles. The van der Waals surface area contributed by atoms with Crippen molar-refractivity contribution in [3.63, 3.8) is 0 Å². The molecule has 2 fully saturated rings. The van der Waals surface area contributed by atoms with Gasteiger partial charge in [-0.3, -0.25) is 0 Å². The van der Waals surface area contributed by atoms with Gasteiger partial charge in [0.2, 0.25) is 0 Å². The number of hydrogen-bond acceptors (Lipinski definition) is 4. The van der Waals surface area contributed by atoms with Gasteiger partial charge in [0.1, 0.15) is 10.9 Å². The number of fused-ring (bicyclic) bond motifs is 2. The smallest absolute Gasteiger partial charge is 0.171 e. The normalized spacial score (nSPS) is 25.1. The monoisotopic (exact) mass is 482 g/mol. The van der Waals surface area contributed by atoms with Crippen molar-refractivity contribution in [2.24, 2.45) is 18.9 Å². The highest BCUT2D eigenvalue weighted by atomic mass is 35.5. The Morgan fingerprint density at radius 2 is 1.94 bits per heavy atom. The van der Waals surface area contributed by atoms with Crippen molar-refractivity contribution in [1.82, 2.24) is 9.55 Å². The molecule has 0 amide bonds. The van der Waals surface area contributed by atoms with Crippen LogP contribution >= 0.6 is 35.0 Å². The number of nitrogens with zero attached hydrogens (tertiary/aromatic N) is 2. The van der Waals surface area contributed by atoms with E-state index < -0.39 is 0 Å². The van der Waals surface area contributed by atoms with E-state index in [2.05, 4.69) is 32.4 Å². The van der Waals surface area contributed by atoms with Gasteiger partial charge in [0.15, 0.2) is 5.79 Å². The second-order valence-electron chi connectivity index (χ2n) is 9.06. The van der Waals surface area contributed by atoms with E-state index in [1.54, 1.807) is 17.8 Å². The molecule has 7 heteroatoms. The molecule has 2 aliphatic carbocycles. The molecule has 3 unspecified atom stereocenters. The van der Waals surface area contributed by atoms with Crippen LogP contribution in [0.1, 0.15) is 63.9 Å². The highest BCUT2D eigenvalue weighted by molar-refractivity contribution is 7.99. The molecule has 1 heterocycles. The number of rotatable bonds is 9. The molecule has 4 nitrogen and oxygen atoms in total. The largest absolute Gasteiger partial charge is 0.350 e. The summed E-state index contributed by atoms with van der Waals surface area (Å²) in [6.07, 6.45) is 5.61. The van der Waals surface area contributed by atoms with E-state index in [1.807, 2.05) is 12.1 Å². The maximum absolute atomic E-state index is 6.47. The van der Waals surface area contributed by atoms with Crippen molar-refractivity contribution in [1.29, 1.82) is 0 Å². The number of hydrogen-bond donors (Lipinski definition) is 0. The molecule has 0 spiro atoms. The Labute approximate surface area is 200 Å². The summed E-state index contributed by atoms with van der Waals surface area (Å²) < 4.78 is 14.8.